The second kappa shape index (κ2) is 14.7. The molecule has 0 bridgehead atoms. The van der Waals surface area contributed by atoms with Crippen LogP contribution in [0.5, 0.6) is 11.5 Å². The van der Waals surface area contributed by atoms with E-state index in [1.807, 2.05) is 50.2 Å². The number of carbonyl (C=O) groups is 1. The maximum atomic E-state index is 12.7. The van der Waals surface area contributed by atoms with Gasteiger partial charge in [0.15, 0.2) is 0 Å². The van der Waals surface area contributed by atoms with Crippen molar-refractivity contribution in [3.8, 4) is 11.5 Å². The monoisotopic (exact) mass is 536 g/mol. The number of hydrogen-bond donors (Lipinski definition) is 0. The van der Waals surface area contributed by atoms with Gasteiger partial charge in [-0.1, -0.05) is 23.4 Å². The zero-order valence-corrected chi connectivity index (χ0v) is 23.2. The lowest BCUT2D eigenvalue weighted by Gasteiger charge is -2.26. The number of benzene rings is 2. The first-order chi connectivity index (χ1) is 17.5. The van der Waals surface area contributed by atoms with Gasteiger partial charge in [-0.3, -0.25) is 14.6 Å². The fraction of sp³-hybridized carbons (Fsp3) is 0.519. The maximum Gasteiger partial charge on any atom is 0.225 e. The SMILES string of the molecule is CCOCCN(CCCOc1ccc(OC)cc1C1Sc2cc(Cl)ccc2N1C(C)=O)CCOCC. The molecule has 0 fully saturated rings. The molecule has 0 N–H and O–H groups in total. The predicted octanol–water partition coefficient (Wildman–Crippen LogP) is 5.65. The molecule has 0 saturated carbocycles. The fourth-order valence-corrected chi connectivity index (χ4v) is 5.72. The summed E-state index contributed by atoms with van der Waals surface area (Å²) in [4.78, 5) is 17.8. The zero-order valence-electron chi connectivity index (χ0n) is 21.6. The minimum absolute atomic E-state index is 0.0402. The van der Waals surface area contributed by atoms with Gasteiger partial charge in [0, 0.05) is 55.3 Å². The van der Waals surface area contributed by atoms with Crippen LogP contribution in [0, 0.1) is 0 Å². The number of thioether (sulfide) groups is 1. The fourth-order valence-electron chi connectivity index (χ4n) is 4.08. The van der Waals surface area contributed by atoms with E-state index in [4.69, 9.17) is 30.5 Å². The van der Waals surface area contributed by atoms with E-state index in [1.165, 1.54) is 0 Å². The van der Waals surface area contributed by atoms with Crippen LogP contribution >= 0.6 is 23.4 Å². The molecule has 1 atom stereocenters. The quantitative estimate of drug-likeness (QED) is 0.272. The van der Waals surface area contributed by atoms with Crippen molar-refractivity contribution in [2.45, 2.75) is 37.5 Å². The average Bonchev–Trinajstić information content (AvgIpc) is 3.25. The Hall–Kier alpha value is -1.97. The van der Waals surface area contributed by atoms with Crippen molar-refractivity contribution >= 4 is 35.0 Å². The van der Waals surface area contributed by atoms with Crippen LogP contribution in [0.4, 0.5) is 5.69 Å². The standard InChI is InChI=1S/C27H37ClN2O5S/c1-5-33-16-13-29(14-17-34-6-2)12-7-15-35-25-11-9-22(32-4)19-23(25)27-30(20(3)31)24-10-8-21(28)18-26(24)36-27/h8-11,18-19,27H,5-7,12-17H2,1-4H3. The first-order valence-electron chi connectivity index (χ1n) is 12.4. The largest absolute Gasteiger partial charge is 0.497 e. The lowest BCUT2D eigenvalue weighted by molar-refractivity contribution is -0.116. The molecule has 2 aromatic carbocycles. The number of methoxy groups -OCH3 is 1. The molecule has 1 aliphatic rings. The first-order valence-corrected chi connectivity index (χ1v) is 13.7. The molecule has 0 aromatic heterocycles. The molecule has 0 radical (unpaired) electrons. The minimum Gasteiger partial charge on any atom is -0.497 e. The van der Waals surface area contributed by atoms with E-state index in [-0.39, 0.29) is 11.3 Å². The third-order valence-corrected chi connectivity index (χ3v) is 7.37. The summed E-state index contributed by atoms with van der Waals surface area (Å²) < 4.78 is 22.8. The van der Waals surface area contributed by atoms with Crippen LogP contribution in [-0.2, 0) is 14.3 Å². The second-order valence-corrected chi connectivity index (χ2v) is 9.87. The number of hydrogen-bond acceptors (Lipinski definition) is 7. The van der Waals surface area contributed by atoms with Gasteiger partial charge in [0.05, 0.1) is 32.6 Å². The summed E-state index contributed by atoms with van der Waals surface area (Å²) in [5.41, 5.74) is 1.75. The summed E-state index contributed by atoms with van der Waals surface area (Å²) in [5.74, 6) is 1.42. The summed E-state index contributed by atoms with van der Waals surface area (Å²) in [6.45, 7) is 11.6. The van der Waals surface area contributed by atoms with Gasteiger partial charge in [-0.25, -0.2) is 0 Å². The van der Waals surface area contributed by atoms with Gasteiger partial charge in [-0.2, -0.15) is 0 Å². The van der Waals surface area contributed by atoms with E-state index in [9.17, 15) is 4.79 Å². The van der Waals surface area contributed by atoms with Crippen molar-refractivity contribution in [1.29, 1.82) is 0 Å². The Morgan fingerprint density at radius 1 is 1.03 bits per heavy atom. The topological polar surface area (TPSA) is 60.5 Å². The minimum atomic E-state index is -0.269. The van der Waals surface area contributed by atoms with E-state index in [0.717, 1.165) is 61.2 Å². The molecule has 0 saturated heterocycles. The molecule has 198 valence electrons. The number of ether oxygens (including phenoxy) is 4. The molecule has 7 nitrogen and oxygen atoms in total. The highest BCUT2D eigenvalue weighted by Gasteiger charge is 2.36. The van der Waals surface area contributed by atoms with Gasteiger partial charge in [-0.05, 0) is 56.7 Å². The Morgan fingerprint density at radius 3 is 2.39 bits per heavy atom. The summed E-state index contributed by atoms with van der Waals surface area (Å²) >= 11 is 7.82. The van der Waals surface area contributed by atoms with Crippen molar-refractivity contribution in [3.05, 3.63) is 47.0 Å². The zero-order chi connectivity index (χ0) is 25.9. The number of nitrogens with zero attached hydrogens (tertiary/aromatic N) is 2. The van der Waals surface area contributed by atoms with Gasteiger partial charge in [0.1, 0.15) is 16.9 Å². The molecule has 2 aromatic rings. The maximum absolute atomic E-state index is 12.7. The second-order valence-electron chi connectivity index (χ2n) is 8.31. The number of carbonyl (C=O) groups excluding carboxylic acids is 1. The molecule has 1 heterocycles. The van der Waals surface area contributed by atoms with Crippen LogP contribution < -0.4 is 14.4 Å². The molecule has 9 heteroatoms. The third kappa shape index (κ3) is 7.76. The Bertz CT molecular complexity index is 983. The lowest BCUT2D eigenvalue weighted by Crippen LogP contribution is -2.33. The van der Waals surface area contributed by atoms with Crippen LogP contribution in [0.15, 0.2) is 41.3 Å². The Balaban J connectivity index is 1.70. The van der Waals surface area contributed by atoms with E-state index in [2.05, 4.69) is 4.90 Å². The highest BCUT2D eigenvalue weighted by atomic mass is 35.5. The van der Waals surface area contributed by atoms with Gasteiger partial charge in [-0.15, -0.1) is 0 Å². The van der Waals surface area contributed by atoms with Crippen LogP contribution in [0.25, 0.3) is 0 Å². The van der Waals surface area contributed by atoms with Crippen LogP contribution in [0.1, 0.15) is 38.1 Å². The van der Waals surface area contributed by atoms with Crippen LogP contribution in [0.2, 0.25) is 5.02 Å². The number of anilines is 1. The van der Waals surface area contributed by atoms with E-state index in [1.54, 1.807) is 30.7 Å². The van der Waals surface area contributed by atoms with Gasteiger partial charge < -0.3 is 18.9 Å². The van der Waals surface area contributed by atoms with Crippen molar-refractivity contribution in [3.63, 3.8) is 0 Å². The van der Waals surface area contributed by atoms with Crippen molar-refractivity contribution in [1.82, 2.24) is 4.90 Å². The average molecular weight is 537 g/mol. The Morgan fingerprint density at radius 2 is 1.75 bits per heavy atom. The van der Waals surface area contributed by atoms with Crippen LogP contribution in [-0.4, -0.2) is 70.6 Å². The molecular formula is C27H37ClN2O5S. The van der Waals surface area contributed by atoms with Gasteiger partial charge in [0.25, 0.3) is 0 Å². The third-order valence-electron chi connectivity index (χ3n) is 5.86. The Kier molecular flexibility index (Phi) is 11.7. The molecule has 0 aliphatic carbocycles. The molecule has 1 amide bonds. The van der Waals surface area contributed by atoms with Crippen LogP contribution in [0.3, 0.4) is 0 Å². The molecule has 0 spiro atoms. The van der Waals surface area contributed by atoms with E-state index >= 15 is 0 Å². The molecular weight excluding hydrogens is 500 g/mol. The molecule has 1 aliphatic heterocycles. The van der Waals surface area contributed by atoms with Gasteiger partial charge in [0.2, 0.25) is 5.91 Å². The number of halogens is 1. The van der Waals surface area contributed by atoms with E-state index < -0.39 is 0 Å². The molecule has 1 unspecified atom stereocenters. The highest BCUT2D eigenvalue weighted by molar-refractivity contribution is 8.00. The first kappa shape index (κ1) is 28.6. The summed E-state index contributed by atoms with van der Waals surface area (Å²) in [7, 11) is 1.64. The molecule has 36 heavy (non-hydrogen) atoms. The number of amides is 1. The highest BCUT2D eigenvalue weighted by Crippen LogP contribution is 2.54. The predicted molar refractivity (Wildman–Crippen MR) is 146 cm³/mol. The normalized spacial score (nSPS) is 14.8. The summed E-state index contributed by atoms with van der Waals surface area (Å²) in [5, 5.41) is 0.376. The smallest absolute Gasteiger partial charge is 0.225 e. The molecule has 3 rings (SSSR count). The van der Waals surface area contributed by atoms with E-state index in [0.29, 0.717) is 30.6 Å². The van der Waals surface area contributed by atoms with Gasteiger partial charge >= 0.3 is 0 Å². The van der Waals surface area contributed by atoms with Crippen molar-refractivity contribution in [2.24, 2.45) is 0 Å². The summed E-state index contributed by atoms with van der Waals surface area (Å²) in [6.07, 6.45) is 0.855. The van der Waals surface area contributed by atoms with Crippen molar-refractivity contribution < 1.29 is 23.7 Å². The lowest BCUT2D eigenvalue weighted by atomic mass is 10.1. The van der Waals surface area contributed by atoms with Crippen molar-refractivity contribution in [2.75, 3.05) is 64.7 Å². The Labute approximate surface area is 224 Å². The summed E-state index contributed by atoms with van der Waals surface area (Å²) in [6, 6.07) is 11.4. The number of fused-ring (bicyclic) bond motifs is 1. The number of rotatable bonds is 15.